The van der Waals surface area contributed by atoms with E-state index in [-0.39, 0.29) is 0 Å². The Bertz CT molecular complexity index is 316. The van der Waals surface area contributed by atoms with E-state index in [9.17, 15) is 0 Å². The maximum atomic E-state index is 5.88. The highest BCUT2D eigenvalue weighted by atomic mass is 35.5. The monoisotopic (exact) mass is 250 g/mol. The first-order valence-corrected chi connectivity index (χ1v) is 5.23. The van der Waals surface area contributed by atoms with Crippen LogP contribution in [0.5, 0.6) is 5.75 Å². The summed E-state index contributed by atoms with van der Waals surface area (Å²) in [5, 5.41) is 0.972. The van der Waals surface area contributed by atoms with Gasteiger partial charge in [-0.1, -0.05) is 35.8 Å². The molecule has 0 radical (unpaired) electrons. The lowest BCUT2D eigenvalue weighted by atomic mass is 10.3. The van der Waals surface area contributed by atoms with Crippen molar-refractivity contribution in [3.05, 3.63) is 40.4 Å². The molecule has 0 unspecified atom stereocenters. The molecule has 0 amide bonds. The average molecular weight is 252 g/mol. The number of hydrogen-bond donors (Lipinski definition) is 0. The maximum Gasteiger partial charge on any atom is 0.156 e. The molecule has 76 valence electrons. The molecule has 0 heterocycles. The van der Waals surface area contributed by atoms with E-state index in [0.29, 0.717) is 28.3 Å². The Morgan fingerprint density at radius 2 is 1.86 bits per heavy atom. The van der Waals surface area contributed by atoms with E-state index in [4.69, 9.17) is 39.5 Å². The van der Waals surface area contributed by atoms with Gasteiger partial charge in [0.1, 0.15) is 6.61 Å². The van der Waals surface area contributed by atoms with Gasteiger partial charge in [-0.15, -0.1) is 11.6 Å². The van der Waals surface area contributed by atoms with Crippen LogP contribution >= 0.6 is 34.8 Å². The number of ether oxygens (including phenoxy) is 1. The molecular formula is C10H9Cl3O. The largest absolute Gasteiger partial charge is 0.486 e. The molecule has 0 aromatic heterocycles. The van der Waals surface area contributed by atoms with Crippen LogP contribution in [-0.2, 0) is 0 Å². The lowest BCUT2D eigenvalue weighted by Crippen LogP contribution is -2.01. The van der Waals surface area contributed by atoms with Gasteiger partial charge in [-0.2, -0.15) is 0 Å². The van der Waals surface area contributed by atoms with Crippen molar-refractivity contribution in [2.45, 2.75) is 0 Å². The van der Waals surface area contributed by atoms with Crippen molar-refractivity contribution in [2.75, 3.05) is 12.5 Å². The third-order valence-corrected chi connectivity index (χ3v) is 2.50. The van der Waals surface area contributed by atoms with Crippen LogP contribution in [0, 0.1) is 0 Å². The zero-order valence-electron chi connectivity index (χ0n) is 7.40. The Balaban J connectivity index is 2.71. The van der Waals surface area contributed by atoms with Crippen LogP contribution < -0.4 is 4.74 Å². The summed E-state index contributed by atoms with van der Waals surface area (Å²) in [6.07, 6.45) is 0. The van der Waals surface area contributed by atoms with Gasteiger partial charge in [0.05, 0.1) is 10.0 Å². The molecule has 0 N–H and O–H groups in total. The summed E-state index contributed by atoms with van der Waals surface area (Å²) in [6.45, 7) is 4.03. The third kappa shape index (κ3) is 3.09. The SMILES string of the molecule is C=C(CCl)COc1c(Cl)cccc1Cl. The molecule has 0 aliphatic heterocycles. The molecule has 0 saturated carbocycles. The van der Waals surface area contributed by atoms with Crippen molar-refractivity contribution in [1.29, 1.82) is 0 Å². The van der Waals surface area contributed by atoms with Crippen LogP contribution in [0.2, 0.25) is 10.0 Å². The molecule has 0 saturated heterocycles. The minimum Gasteiger partial charge on any atom is -0.486 e. The summed E-state index contributed by atoms with van der Waals surface area (Å²) in [7, 11) is 0. The molecule has 0 spiro atoms. The highest BCUT2D eigenvalue weighted by molar-refractivity contribution is 6.37. The van der Waals surface area contributed by atoms with Gasteiger partial charge in [-0.05, 0) is 17.7 Å². The normalized spacial score (nSPS) is 9.93. The van der Waals surface area contributed by atoms with Gasteiger partial charge in [-0.3, -0.25) is 0 Å². The van der Waals surface area contributed by atoms with Crippen LogP contribution in [0.4, 0.5) is 0 Å². The Hall–Kier alpha value is -0.370. The van der Waals surface area contributed by atoms with E-state index in [2.05, 4.69) is 6.58 Å². The summed E-state index contributed by atoms with van der Waals surface area (Å²) in [5.41, 5.74) is 0.780. The molecule has 1 aromatic rings. The minimum absolute atomic E-state index is 0.326. The van der Waals surface area contributed by atoms with Gasteiger partial charge in [0.15, 0.2) is 5.75 Å². The second-order valence-corrected chi connectivity index (χ2v) is 3.80. The molecule has 1 nitrogen and oxygen atoms in total. The molecule has 1 aromatic carbocycles. The number of hydrogen-bond acceptors (Lipinski definition) is 1. The van der Waals surface area contributed by atoms with Crippen LogP contribution in [0.3, 0.4) is 0 Å². The van der Waals surface area contributed by atoms with Crippen molar-refractivity contribution >= 4 is 34.8 Å². The molecule has 0 fully saturated rings. The number of para-hydroxylation sites is 1. The molecule has 1 rings (SSSR count). The molecule has 4 heteroatoms. The highest BCUT2D eigenvalue weighted by Gasteiger charge is 2.06. The topological polar surface area (TPSA) is 9.23 Å². The Morgan fingerprint density at radius 3 is 2.36 bits per heavy atom. The summed E-state index contributed by atoms with van der Waals surface area (Å²) in [6, 6.07) is 5.19. The van der Waals surface area contributed by atoms with Gasteiger partial charge < -0.3 is 4.74 Å². The predicted molar refractivity (Wildman–Crippen MR) is 61.8 cm³/mol. The van der Waals surface area contributed by atoms with E-state index >= 15 is 0 Å². The van der Waals surface area contributed by atoms with Crippen molar-refractivity contribution in [3.8, 4) is 5.75 Å². The number of benzene rings is 1. The predicted octanol–water partition coefficient (Wildman–Crippen LogP) is 4.17. The quantitative estimate of drug-likeness (QED) is 0.576. The van der Waals surface area contributed by atoms with Gasteiger partial charge in [-0.25, -0.2) is 0 Å². The fourth-order valence-corrected chi connectivity index (χ4v) is 1.42. The van der Waals surface area contributed by atoms with E-state index in [1.807, 2.05) is 0 Å². The Labute approximate surface area is 98.2 Å². The van der Waals surface area contributed by atoms with Gasteiger partial charge >= 0.3 is 0 Å². The van der Waals surface area contributed by atoms with E-state index in [1.165, 1.54) is 0 Å². The lowest BCUT2D eigenvalue weighted by molar-refractivity contribution is 0.353. The van der Waals surface area contributed by atoms with Crippen LogP contribution in [-0.4, -0.2) is 12.5 Å². The summed E-state index contributed by atoms with van der Waals surface area (Å²) in [5.74, 6) is 0.837. The summed E-state index contributed by atoms with van der Waals surface area (Å²) in [4.78, 5) is 0. The number of rotatable bonds is 4. The first-order chi connectivity index (χ1) is 6.65. The van der Waals surface area contributed by atoms with Crippen LogP contribution in [0.25, 0.3) is 0 Å². The molecule has 14 heavy (non-hydrogen) atoms. The molecule has 0 aliphatic carbocycles. The lowest BCUT2D eigenvalue weighted by Gasteiger charge is -2.09. The zero-order chi connectivity index (χ0) is 10.6. The highest BCUT2D eigenvalue weighted by Crippen LogP contribution is 2.32. The molecule has 0 atom stereocenters. The van der Waals surface area contributed by atoms with Crippen molar-refractivity contribution in [1.82, 2.24) is 0 Å². The summed E-state index contributed by atoms with van der Waals surface area (Å²) < 4.78 is 5.37. The summed E-state index contributed by atoms with van der Waals surface area (Å²) >= 11 is 17.3. The van der Waals surface area contributed by atoms with Crippen LogP contribution in [0.1, 0.15) is 0 Å². The van der Waals surface area contributed by atoms with E-state index < -0.39 is 0 Å². The second-order valence-electron chi connectivity index (χ2n) is 2.72. The molecule has 0 bridgehead atoms. The first kappa shape index (κ1) is 11.7. The molecular weight excluding hydrogens is 242 g/mol. The smallest absolute Gasteiger partial charge is 0.156 e. The van der Waals surface area contributed by atoms with Gasteiger partial charge in [0.2, 0.25) is 0 Å². The van der Waals surface area contributed by atoms with Crippen molar-refractivity contribution in [3.63, 3.8) is 0 Å². The fraction of sp³-hybridized carbons (Fsp3) is 0.200. The van der Waals surface area contributed by atoms with E-state index in [1.54, 1.807) is 18.2 Å². The second kappa shape index (κ2) is 5.50. The zero-order valence-corrected chi connectivity index (χ0v) is 9.66. The maximum absolute atomic E-state index is 5.88. The Morgan fingerprint density at radius 1 is 1.29 bits per heavy atom. The fourth-order valence-electron chi connectivity index (χ4n) is 0.833. The first-order valence-electron chi connectivity index (χ1n) is 3.94. The average Bonchev–Trinajstić information content (AvgIpc) is 2.16. The van der Waals surface area contributed by atoms with Crippen molar-refractivity contribution < 1.29 is 4.74 Å². The van der Waals surface area contributed by atoms with E-state index in [0.717, 1.165) is 5.57 Å². The number of alkyl halides is 1. The van der Waals surface area contributed by atoms with Gasteiger partial charge in [0, 0.05) is 5.88 Å². The minimum atomic E-state index is 0.326. The van der Waals surface area contributed by atoms with Crippen LogP contribution in [0.15, 0.2) is 30.4 Å². The van der Waals surface area contributed by atoms with Crippen molar-refractivity contribution in [2.24, 2.45) is 0 Å². The molecule has 0 aliphatic rings. The standard InChI is InChI=1S/C10H9Cl3O/c1-7(5-11)6-14-10-8(12)3-2-4-9(10)13/h2-4H,1,5-6H2. The Kier molecular flexibility index (Phi) is 4.59. The number of halogens is 3. The van der Waals surface area contributed by atoms with Gasteiger partial charge in [0.25, 0.3) is 0 Å². The third-order valence-electron chi connectivity index (χ3n) is 1.53.